The van der Waals surface area contributed by atoms with Crippen molar-refractivity contribution in [2.45, 2.75) is 25.8 Å². The van der Waals surface area contributed by atoms with Gasteiger partial charge in [0.2, 0.25) is 0 Å². The number of thiophene rings is 2. The first-order valence-electron chi connectivity index (χ1n) is 10.2. The lowest BCUT2D eigenvalue weighted by molar-refractivity contribution is 0.134. The molecule has 1 unspecified atom stereocenters. The van der Waals surface area contributed by atoms with E-state index in [4.69, 9.17) is 4.99 Å². The SMILES string of the molecule is Cc1cc2c(s1)Nc1ccccc1N=C2N1CCN(C)C(CCc2ccsc2)C1.Cl.Cl. The molecule has 2 aromatic heterocycles. The number of aryl methyl sites for hydroxylation is 2. The van der Waals surface area contributed by atoms with Gasteiger partial charge in [-0.15, -0.1) is 36.2 Å². The zero-order valence-corrected chi connectivity index (χ0v) is 21.0. The first kappa shape index (κ1) is 24.1. The van der Waals surface area contributed by atoms with E-state index >= 15 is 0 Å². The van der Waals surface area contributed by atoms with Crippen LogP contribution in [0.2, 0.25) is 0 Å². The Labute approximate surface area is 204 Å². The third-order valence-corrected chi connectivity index (χ3v) is 7.60. The van der Waals surface area contributed by atoms with Crippen LogP contribution in [-0.2, 0) is 6.42 Å². The van der Waals surface area contributed by atoms with Crippen molar-refractivity contribution in [2.24, 2.45) is 4.99 Å². The molecule has 31 heavy (non-hydrogen) atoms. The van der Waals surface area contributed by atoms with Gasteiger partial charge in [0.1, 0.15) is 10.8 Å². The summed E-state index contributed by atoms with van der Waals surface area (Å²) >= 11 is 3.61. The molecule has 3 aromatic rings. The fourth-order valence-corrected chi connectivity index (χ4v) is 5.83. The number of anilines is 2. The van der Waals surface area contributed by atoms with Crippen LogP contribution in [0.3, 0.4) is 0 Å². The van der Waals surface area contributed by atoms with Crippen LogP contribution >= 0.6 is 47.5 Å². The molecule has 1 aromatic carbocycles. The van der Waals surface area contributed by atoms with Crippen LogP contribution in [0.15, 0.2) is 52.2 Å². The largest absolute Gasteiger partial charge is 0.353 e. The minimum atomic E-state index is 0. The number of likely N-dealkylation sites (N-methyl/N-ethyl adjacent to an activating group) is 1. The molecule has 2 aliphatic heterocycles. The zero-order chi connectivity index (χ0) is 19.8. The normalized spacial score (nSPS) is 17.9. The summed E-state index contributed by atoms with van der Waals surface area (Å²) in [6.45, 7) is 5.29. The molecule has 0 spiro atoms. The molecule has 5 rings (SSSR count). The Morgan fingerprint density at radius 1 is 1.16 bits per heavy atom. The predicted molar refractivity (Wildman–Crippen MR) is 140 cm³/mol. The average Bonchev–Trinajstić information content (AvgIpc) is 3.33. The number of hydrogen-bond donors (Lipinski definition) is 1. The van der Waals surface area contributed by atoms with Gasteiger partial charge in [0, 0.05) is 30.6 Å². The molecule has 166 valence electrons. The molecule has 0 radical (unpaired) electrons. The highest BCUT2D eigenvalue weighted by Gasteiger charge is 2.29. The highest BCUT2D eigenvalue weighted by atomic mass is 35.5. The van der Waals surface area contributed by atoms with Crippen LogP contribution in [0.1, 0.15) is 22.4 Å². The molecular weight excluding hydrogens is 467 g/mol. The number of aliphatic imine (C=N–C) groups is 1. The molecule has 0 amide bonds. The highest BCUT2D eigenvalue weighted by Crippen LogP contribution is 2.39. The van der Waals surface area contributed by atoms with Gasteiger partial charge in [-0.3, -0.25) is 4.90 Å². The van der Waals surface area contributed by atoms with Gasteiger partial charge in [0.25, 0.3) is 0 Å². The van der Waals surface area contributed by atoms with Crippen molar-refractivity contribution < 1.29 is 0 Å². The topological polar surface area (TPSA) is 30.9 Å². The van der Waals surface area contributed by atoms with Crippen molar-refractivity contribution in [1.29, 1.82) is 0 Å². The van der Waals surface area contributed by atoms with Gasteiger partial charge in [-0.05, 0) is 67.4 Å². The quantitative estimate of drug-likeness (QED) is 0.460. The Bertz CT molecular complexity index is 1030. The number of para-hydroxylation sites is 2. The molecule has 2 aliphatic rings. The molecule has 4 nitrogen and oxygen atoms in total. The maximum absolute atomic E-state index is 5.16. The molecule has 1 saturated heterocycles. The van der Waals surface area contributed by atoms with Crippen molar-refractivity contribution in [1.82, 2.24) is 9.80 Å². The maximum atomic E-state index is 5.16. The summed E-state index contributed by atoms with van der Waals surface area (Å²) in [4.78, 5) is 11.5. The number of nitrogens with zero attached hydrogens (tertiary/aromatic N) is 3. The number of halogens is 2. The second kappa shape index (κ2) is 10.4. The summed E-state index contributed by atoms with van der Waals surface area (Å²) in [6.07, 6.45) is 2.33. The Morgan fingerprint density at radius 3 is 2.81 bits per heavy atom. The number of benzene rings is 1. The smallest absolute Gasteiger partial charge is 0.139 e. The second-order valence-corrected chi connectivity index (χ2v) is 9.96. The van der Waals surface area contributed by atoms with Crippen LogP contribution in [0.25, 0.3) is 0 Å². The summed E-state index contributed by atoms with van der Waals surface area (Å²) in [6, 6.07) is 13.5. The summed E-state index contributed by atoms with van der Waals surface area (Å²) in [5.41, 5.74) is 4.82. The van der Waals surface area contributed by atoms with E-state index in [-0.39, 0.29) is 24.8 Å². The van der Waals surface area contributed by atoms with Gasteiger partial charge in [-0.25, -0.2) is 4.99 Å². The molecule has 1 fully saturated rings. The summed E-state index contributed by atoms with van der Waals surface area (Å²) < 4.78 is 0. The summed E-state index contributed by atoms with van der Waals surface area (Å²) in [5.74, 6) is 1.12. The highest BCUT2D eigenvalue weighted by molar-refractivity contribution is 7.16. The van der Waals surface area contributed by atoms with E-state index in [1.54, 1.807) is 11.3 Å². The molecule has 0 saturated carbocycles. The molecule has 1 N–H and O–H groups in total. The zero-order valence-electron chi connectivity index (χ0n) is 17.7. The van der Waals surface area contributed by atoms with Crippen LogP contribution in [0, 0.1) is 6.92 Å². The molecule has 4 heterocycles. The van der Waals surface area contributed by atoms with Crippen LogP contribution in [0.4, 0.5) is 16.4 Å². The molecular formula is C23H28Cl2N4S2. The molecule has 8 heteroatoms. The molecule has 0 bridgehead atoms. The van der Waals surface area contributed by atoms with Crippen molar-refractivity contribution in [2.75, 3.05) is 32.0 Å². The van der Waals surface area contributed by atoms with Gasteiger partial charge < -0.3 is 10.2 Å². The summed E-state index contributed by atoms with van der Waals surface area (Å²) in [5, 5.41) is 9.29. The number of hydrogen-bond acceptors (Lipinski definition) is 6. The van der Waals surface area contributed by atoms with Gasteiger partial charge >= 0.3 is 0 Å². The lowest BCUT2D eigenvalue weighted by atomic mass is 10.0. The molecule has 0 aliphatic carbocycles. The van der Waals surface area contributed by atoms with Crippen molar-refractivity contribution in [3.8, 4) is 0 Å². The lowest BCUT2D eigenvalue weighted by Crippen LogP contribution is -2.53. The fraction of sp³-hybridized carbons (Fsp3) is 0.348. The van der Waals surface area contributed by atoms with Crippen LogP contribution < -0.4 is 5.32 Å². The number of rotatable bonds is 3. The first-order chi connectivity index (χ1) is 14.2. The lowest BCUT2D eigenvalue weighted by Gasteiger charge is -2.41. The standard InChI is InChI=1S/C23H26N4S2.2ClH/c1-16-13-19-22(24-20-5-3-4-6-21(20)25-23(19)29-16)27-11-10-26(2)18(14-27)8-7-17-9-12-28-15-17;;/h3-6,9,12-13,15,18,25H,7-8,10-11,14H2,1-2H3;2*1H. The fourth-order valence-electron chi connectivity index (χ4n) is 4.21. The summed E-state index contributed by atoms with van der Waals surface area (Å²) in [7, 11) is 2.27. The monoisotopic (exact) mass is 494 g/mol. The third-order valence-electron chi connectivity index (χ3n) is 5.90. The third kappa shape index (κ3) is 5.10. The van der Waals surface area contributed by atoms with E-state index in [0.717, 1.165) is 43.3 Å². The Hall–Kier alpha value is -1.57. The second-order valence-electron chi connectivity index (χ2n) is 7.93. The Kier molecular flexibility index (Phi) is 8.05. The van der Waals surface area contributed by atoms with E-state index in [1.165, 1.54) is 27.4 Å². The van der Waals surface area contributed by atoms with E-state index in [0.29, 0.717) is 6.04 Å². The number of piperazine rings is 1. The van der Waals surface area contributed by atoms with Gasteiger partial charge in [-0.1, -0.05) is 12.1 Å². The number of amidine groups is 1. The van der Waals surface area contributed by atoms with E-state index in [1.807, 2.05) is 11.3 Å². The Balaban J connectivity index is 0.00000136. The van der Waals surface area contributed by atoms with E-state index in [9.17, 15) is 0 Å². The van der Waals surface area contributed by atoms with Crippen LogP contribution in [-0.4, -0.2) is 48.4 Å². The van der Waals surface area contributed by atoms with Crippen molar-refractivity contribution >= 4 is 69.7 Å². The predicted octanol–water partition coefficient (Wildman–Crippen LogP) is 6.35. The van der Waals surface area contributed by atoms with Gasteiger partial charge in [-0.2, -0.15) is 11.3 Å². The van der Waals surface area contributed by atoms with E-state index in [2.05, 4.69) is 76.2 Å². The maximum Gasteiger partial charge on any atom is 0.139 e. The average molecular weight is 496 g/mol. The van der Waals surface area contributed by atoms with Gasteiger partial charge in [0.15, 0.2) is 0 Å². The Morgan fingerprint density at radius 2 is 2.00 bits per heavy atom. The minimum absolute atomic E-state index is 0. The van der Waals surface area contributed by atoms with E-state index < -0.39 is 0 Å². The number of nitrogens with one attached hydrogen (secondary N) is 1. The van der Waals surface area contributed by atoms with Crippen molar-refractivity contribution in [3.05, 3.63) is 63.2 Å². The minimum Gasteiger partial charge on any atom is -0.353 e. The van der Waals surface area contributed by atoms with Gasteiger partial charge in [0.05, 0.1) is 16.9 Å². The molecule has 1 atom stereocenters. The van der Waals surface area contributed by atoms with Crippen molar-refractivity contribution in [3.63, 3.8) is 0 Å². The first-order valence-corrected chi connectivity index (χ1v) is 11.9. The number of fused-ring (bicyclic) bond motifs is 2. The van der Waals surface area contributed by atoms with Crippen LogP contribution in [0.5, 0.6) is 0 Å².